The van der Waals surface area contributed by atoms with Gasteiger partial charge in [-0.2, -0.15) is 0 Å². The highest BCUT2D eigenvalue weighted by molar-refractivity contribution is 4.83. The van der Waals surface area contributed by atoms with Crippen LogP contribution in [0.25, 0.3) is 0 Å². The van der Waals surface area contributed by atoms with E-state index >= 15 is 0 Å². The zero-order valence-corrected chi connectivity index (χ0v) is 9.71. The molecule has 0 saturated carbocycles. The zero-order valence-electron chi connectivity index (χ0n) is 9.71. The maximum atomic E-state index is 5.71. The predicted octanol–water partition coefficient (Wildman–Crippen LogP) is 1.57. The predicted molar refractivity (Wildman–Crippen MR) is 60.0 cm³/mol. The van der Waals surface area contributed by atoms with Crippen LogP contribution in [-0.2, 0) is 9.47 Å². The maximum absolute atomic E-state index is 5.71. The Labute approximate surface area is 92.5 Å². The van der Waals surface area contributed by atoms with Gasteiger partial charge in [0.05, 0.1) is 12.7 Å². The van der Waals surface area contributed by atoms with Crippen molar-refractivity contribution in [2.75, 3.05) is 26.4 Å². The van der Waals surface area contributed by atoms with E-state index in [9.17, 15) is 0 Å². The molecule has 2 aliphatic rings. The van der Waals surface area contributed by atoms with E-state index in [4.69, 9.17) is 9.47 Å². The molecule has 3 nitrogen and oxygen atoms in total. The first-order valence-corrected chi connectivity index (χ1v) is 6.33. The molecule has 0 radical (unpaired) electrons. The summed E-state index contributed by atoms with van der Waals surface area (Å²) >= 11 is 0. The number of hydrogen-bond acceptors (Lipinski definition) is 3. The van der Waals surface area contributed by atoms with Gasteiger partial charge in [0.15, 0.2) is 0 Å². The van der Waals surface area contributed by atoms with E-state index in [-0.39, 0.29) is 0 Å². The van der Waals surface area contributed by atoms with E-state index in [0.29, 0.717) is 18.1 Å². The van der Waals surface area contributed by atoms with Crippen LogP contribution in [0.5, 0.6) is 0 Å². The van der Waals surface area contributed by atoms with E-state index in [1.165, 1.54) is 25.7 Å². The summed E-state index contributed by atoms with van der Waals surface area (Å²) in [6.07, 6.45) is 5.36. The molecule has 2 heterocycles. The smallest absolute Gasteiger partial charge is 0.0590 e. The Morgan fingerprint density at radius 3 is 2.87 bits per heavy atom. The van der Waals surface area contributed by atoms with Crippen molar-refractivity contribution in [2.45, 2.75) is 44.8 Å². The Hall–Kier alpha value is -0.120. The van der Waals surface area contributed by atoms with Crippen molar-refractivity contribution >= 4 is 0 Å². The van der Waals surface area contributed by atoms with E-state index < -0.39 is 0 Å². The Bertz CT molecular complexity index is 174. The SMILES string of the molecule is CCNC(CC1CCCO1)C1CCOC1. The molecular weight excluding hydrogens is 190 g/mol. The first-order chi connectivity index (χ1) is 7.40. The second-order valence-electron chi connectivity index (χ2n) is 4.66. The summed E-state index contributed by atoms with van der Waals surface area (Å²) in [4.78, 5) is 0. The second-order valence-corrected chi connectivity index (χ2v) is 4.66. The topological polar surface area (TPSA) is 30.5 Å². The highest BCUT2D eigenvalue weighted by Gasteiger charge is 2.28. The molecular formula is C12H23NO2. The van der Waals surface area contributed by atoms with Crippen molar-refractivity contribution in [1.82, 2.24) is 5.32 Å². The van der Waals surface area contributed by atoms with Gasteiger partial charge in [-0.1, -0.05) is 6.92 Å². The van der Waals surface area contributed by atoms with Crippen molar-refractivity contribution in [3.05, 3.63) is 0 Å². The molecule has 1 N–H and O–H groups in total. The molecule has 88 valence electrons. The van der Waals surface area contributed by atoms with Crippen LogP contribution in [0.15, 0.2) is 0 Å². The van der Waals surface area contributed by atoms with Crippen LogP contribution in [-0.4, -0.2) is 38.5 Å². The van der Waals surface area contributed by atoms with Crippen molar-refractivity contribution in [2.24, 2.45) is 5.92 Å². The molecule has 3 atom stereocenters. The lowest BCUT2D eigenvalue weighted by molar-refractivity contribution is 0.0845. The highest BCUT2D eigenvalue weighted by Crippen LogP contribution is 2.24. The third-order valence-corrected chi connectivity index (χ3v) is 3.54. The summed E-state index contributed by atoms with van der Waals surface area (Å²) < 4.78 is 11.2. The normalized spacial score (nSPS) is 33.4. The molecule has 3 unspecified atom stereocenters. The monoisotopic (exact) mass is 213 g/mol. The van der Waals surface area contributed by atoms with Crippen LogP contribution < -0.4 is 5.32 Å². The molecule has 15 heavy (non-hydrogen) atoms. The number of ether oxygens (including phenoxy) is 2. The molecule has 2 rings (SSSR count). The van der Waals surface area contributed by atoms with Crippen LogP contribution in [0, 0.1) is 5.92 Å². The summed E-state index contributed by atoms with van der Waals surface area (Å²) in [5, 5.41) is 3.59. The lowest BCUT2D eigenvalue weighted by atomic mass is 9.93. The average molecular weight is 213 g/mol. The fourth-order valence-electron chi connectivity index (χ4n) is 2.69. The van der Waals surface area contributed by atoms with E-state index in [1.807, 2.05) is 0 Å². The van der Waals surface area contributed by atoms with Crippen molar-refractivity contribution < 1.29 is 9.47 Å². The summed E-state index contributed by atoms with van der Waals surface area (Å²) in [7, 11) is 0. The minimum atomic E-state index is 0.495. The van der Waals surface area contributed by atoms with E-state index in [1.54, 1.807) is 0 Å². The Balaban J connectivity index is 1.81. The van der Waals surface area contributed by atoms with Crippen molar-refractivity contribution in [3.8, 4) is 0 Å². The summed E-state index contributed by atoms with van der Waals surface area (Å²) in [6, 6.07) is 0.598. The number of hydrogen-bond donors (Lipinski definition) is 1. The van der Waals surface area contributed by atoms with Gasteiger partial charge in [-0.15, -0.1) is 0 Å². The van der Waals surface area contributed by atoms with Gasteiger partial charge in [-0.3, -0.25) is 0 Å². The van der Waals surface area contributed by atoms with Gasteiger partial charge >= 0.3 is 0 Å². The number of rotatable bonds is 5. The Kier molecular flexibility index (Phi) is 4.42. The molecule has 0 aromatic rings. The molecule has 3 heteroatoms. The van der Waals surface area contributed by atoms with Crippen LogP contribution >= 0.6 is 0 Å². The van der Waals surface area contributed by atoms with Crippen LogP contribution in [0.1, 0.15) is 32.6 Å². The largest absolute Gasteiger partial charge is 0.381 e. The first kappa shape index (κ1) is 11.4. The fourth-order valence-corrected chi connectivity index (χ4v) is 2.69. The third kappa shape index (κ3) is 3.16. The molecule has 2 fully saturated rings. The third-order valence-electron chi connectivity index (χ3n) is 3.54. The summed E-state index contributed by atoms with van der Waals surface area (Å²) in [5.74, 6) is 0.703. The van der Waals surface area contributed by atoms with Crippen molar-refractivity contribution in [1.29, 1.82) is 0 Å². The molecule has 2 aliphatic heterocycles. The highest BCUT2D eigenvalue weighted by atomic mass is 16.5. The molecule has 0 bridgehead atoms. The molecule has 0 aromatic carbocycles. The average Bonchev–Trinajstić information content (AvgIpc) is 2.89. The van der Waals surface area contributed by atoms with Gasteiger partial charge in [0.1, 0.15) is 0 Å². The maximum Gasteiger partial charge on any atom is 0.0590 e. The van der Waals surface area contributed by atoms with Crippen LogP contribution in [0.3, 0.4) is 0 Å². The standard InChI is InChI=1S/C12H23NO2/c1-2-13-12(10-5-7-14-9-10)8-11-4-3-6-15-11/h10-13H,2-9H2,1H3. The van der Waals surface area contributed by atoms with E-state index in [2.05, 4.69) is 12.2 Å². The molecule has 0 spiro atoms. The van der Waals surface area contributed by atoms with Gasteiger partial charge in [0.25, 0.3) is 0 Å². The Morgan fingerprint density at radius 1 is 1.33 bits per heavy atom. The fraction of sp³-hybridized carbons (Fsp3) is 1.00. The van der Waals surface area contributed by atoms with Crippen LogP contribution in [0.2, 0.25) is 0 Å². The van der Waals surface area contributed by atoms with Crippen molar-refractivity contribution in [3.63, 3.8) is 0 Å². The lowest BCUT2D eigenvalue weighted by Gasteiger charge is -2.25. The van der Waals surface area contributed by atoms with Gasteiger partial charge < -0.3 is 14.8 Å². The number of nitrogens with one attached hydrogen (secondary N) is 1. The van der Waals surface area contributed by atoms with Gasteiger partial charge in [0, 0.05) is 19.3 Å². The zero-order chi connectivity index (χ0) is 10.5. The molecule has 0 aliphatic carbocycles. The summed E-state index contributed by atoms with van der Waals surface area (Å²) in [5.41, 5.74) is 0. The molecule has 2 saturated heterocycles. The Morgan fingerprint density at radius 2 is 2.27 bits per heavy atom. The molecule has 0 aromatic heterocycles. The lowest BCUT2D eigenvalue weighted by Crippen LogP contribution is -2.39. The molecule has 0 amide bonds. The second kappa shape index (κ2) is 5.83. The quantitative estimate of drug-likeness (QED) is 0.752. The van der Waals surface area contributed by atoms with Crippen LogP contribution in [0.4, 0.5) is 0 Å². The minimum absolute atomic E-state index is 0.495. The first-order valence-electron chi connectivity index (χ1n) is 6.33. The minimum Gasteiger partial charge on any atom is -0.381 e. The van der Waals surface area contributed by atoms with E-state index in [0.717, 1.165) is 26.4 Å². The van der Waals surface area contributed by atoms with Gasteiger partial charge in [-0.05, 0) is 38.1 Å². The van der Waals surface area contributed by atoms with Gasteiger partial charge in [0.2, 0.25) is 0 Å². The summed E-state index contributed by atoms with van der Waals surface area (Å²) in [6.45, 7) is 6.07. The van der Waals surface area contributed by atoms with Gasteiger partial charge in [-0.25, -0.2) is 0 Å².